The van der Waals surface area contributed by atoms with Crippen LogP contribution in [0.5, 0.6) is 0 Å². The SMILES string of the molecule is CC(OCc1ccccc1)C(=O)N[C@H]1CCCNC1.Cl. The Morgan fingerprint density at radius 2 is 2.20 bits per heavy atom. The molecule has 1 amide bonds. The molecule has 0 bridgehead atoms. The third kappa shape index (κ3) is 5.49. The van der Waals surface area contributed by atoms with Gasteiger partial charge < -0.3 is 15.4 Å². The summed E-state index contributed by atoms with van der Waals surface area (Å²) < 4.78 is 5.60. The molecule has 1 aromatic carbocycles. The van der Waals surface area contributed by atoms with Crippen LogP contribution in [-0.2, 0) is 16.1 Å². The van der Waals surface area contributed by atoms with Crippen molar-refractivity contribution in [2.75, 3.05) is 13.1 Å². The van der Waals surface area contributed by atoms with Gasteiger partial charge in [0.15, 0.2) is 0 Å². The lowest BCUT2D eigenvalue weighted by Crippen LogP contribution is -2.48. The van der Waals surface area contributed by atoms with Crippen LogP contribution in [0.1, 0.15) is 25.3 Å². The molecule has 0 radical (unpaired) electrons. The Balaban J connectivity index is 0.00000200. The second-order valence-electron chi connectivity index (χ2n) is 4.99. The zero-order valence-corrected chi connectivity index (χ0v) is 12.6. The van der Waals surface area contributed by atoms with Gasteiger partial charge in [0.2, 0.25) is 5.91 Å². The average Bonchev–Trinajstić information content (AvgIpc) is 2.47. The van der Waals surface area contributed by atoms with Crippen molar-refractivity contribution in [3.63, 3.8) is 0 Å². The quantitative estimate of drug-likeness (QED) is 0.873. The van der Waals surface area contributed by atoms with Gasteiger partial charge in [-0.15, -0.1) is 12.4 Å². The van der Waals surface area contributed by atoms with Crippen molar-refractivity contribution in [3.8, 4) is 0 Å². The zero-order valence-electron chi connectivity index (χ0n) is 11.8. The lowest BCUT2D eigenvalue weighted by Gasteiger charge is -2.25. The minimum absolute atomic E-state index is 0. The Kier molecular flexibility index (Phi) is 7.59. The topological polar surface area (TPSA) is 50.4 Å². The summed E-state index contributed by atoms with van der Waals surface area (Å²) in [6, 6.07) is 10.1. The first kappa shape index (κ1) is 17.0. The van der Waals surface area contributed by atoms with Gasteiger partial charge in [-0.1, -0.05) is 30.3 Å². The first-order valence-corrected chi connectivity index (χ1v) is 6.92. The molecule has 1 fully saturated rings. The Morgan fingerprint density at radius 1 is 1.45 bits per heavy atom. The maximum atomic E-state index is 12.0. The van der Waals surface area contributed by atoms with E-state index in [1.165, 1.54) is 0 Å². The number of piperidine rings is 1. The van der Waals surface area contributed by atoms with Crippen molar-refractivity contribution in [1.29, 1.82) is 0 Å². The highest BCUT2D eigenvalue weighted by Crippen LogP contribution is 2.05. The van der Waals surface area contributed by atoms with E-state index < -0.39 is 6.10 Å². The molecule has 4 nitrogen and oxygen atoms in total. The van der Waals surface area contributed by atoms with Gasteiger partial charge in [-0.2, -0.15) is 0 Å². The van der Waals surface area contributed by atoms with Crippen LogP contribution in [0.4, 0.5) is 0 Å². The summed E-state index contributed by atoms with van der Waals surface area (Å²) in [5, 5.41) is 6.31. The molecule has 2 atom stereocenters. The van der Waals surface area contributed by atoms with Crippen LogP contribution in [0, 0.1) is 0 Å². The predicted octanol–water partition coefficient (Wildman–Crippen LogP) is 1.88. The Labute approximate surface area is 126 Å². The number of hydrogen-bond donors (Lipinski definition) is 2. The molecule has 1 aliphatic heterocycles. The number of nitrogens with one attached hydrogen (secondary N) is 2. The predicted molar refractivity (Wildman–Crippen MR) is 82.0 cm³/mol. The average molecular weight is 299 g/mol. The molecule has 5 heteroatoms. The minimum Gasteiger partial charge on any atom is -0.364 e. The van der Waals surface area contributed by atoms with Crippen LogP contribution in [0.25, 0.3) is 0 Å². The van der Waals surface area contributed by atoms with E-state index in [0.29, 0.717) is 6.61 Å². The molecule has 1 unspecified atom stereocenters. The lowest BCUT2D eigenvalue weighted by molar-refractivity contribution is -0.133. The molecular formula is C15H23ClN2O2. The first-order chi connectivity index (χ1) is 9.25. The largest absolute Gasteiger partial charge is 0.364 e. The molecule has 0 spiro atoms. The van der Waals surface area contributed by atoms with E-state index >= 15 is 0 Å². The van der Waals surface area contributed by atoms with Gasteiger partial charge >= 0.3 is 0 Å². The van der Waals surface area contributed by atoms with E-state index in [9.17, 15) is 4.79 Å². The zero-order chi connectivity index (χ0) is 13.5. The van der Waals surface area contributed by atoms with Crippen molar-refractivity contribution >= 4 is 18.3 Å². The van der Waals surface area contributed by atoms with E-state index in [4.69, 9.17) is 4.74 Å². The van der Waals surface area contributed by atoms with E-state index in [0.717, 1.165) is 31.5 Å². The Morgan fingerprint density at radius 3 is 2.85 bits per heavy atom. The van der Waals surface area contributed by atoms with Gasteiger partial charge in [-0.25, -0.2) is 0 Å². The van der Waals surface area contributed by atoms with Crippen LogP contribution >= 0.6 is 12.4 Å². The van der Waals surface area contributed by atoms with E-state index in [2.05, 4.69) is 10.6 Å². The second-order valence-corrected chi connectivity index (χ2v) is 4.99. The number of amides is 1. The van der Waals surface area contributed by atoms with Crippen LogP contribution in [0.3, 0.4) is 0 Å². The standard InChI is InChI=1S/C15H22N2O2.ClH/c1-12(19-11-13-6-3-2-4-7-13)15(18)17-14-8-5-9-16-10-14;/h2-4,6-7,12,14,16H,5,8-11H2,1H3,(H,17,18);1H/t12?,14-;/m0./s1. The summed E-state index contributed by atoms with van der Waals surface area (Å²) in [4.78, 5) is 12.0. The minimum atomic E-state index is -0.415. The highest BCUT2D eigenvalue weighted by Gasteiger charge is 2.19. The van der Waals surface area contributed by atoms with Crippen molar-refractivity contribution < 1.29 is 9.53 Å². The maximum Gasteiger partial charge on any atom is 0.249 e. The first-order valence-electron chi connectivity index (χ1n) is 6.92. The van der Waals surface area contributed by atoms with Gasteiger partial charge in [0, 0.05) is 12.6 Å². The van der Waals surface area contributed by atoms with Gasteiger partial charge in [0.25, 0.3) is 0 Å². The van der Waals surface area contributed by atoms with E-state index in [-0.39, 0.29) is 24.4 Å². The monoisotopic (exact) mass is 298 g/mol. The van der Waals surface area contributed by atoms with Crippen molar-refractivity contribution in [2.45, 2.75) is 38.5 Å². The van der Waals surface area contributed by atoms with Gasteiger partial charge in [-0.05, 0) is 31.9 Å². The number of carbonyl (C=O) groups is 1. The molecule has 1 aromatic rings. The molecule has 0 aliphatic carbocycles. The summed E-state index contributed by atoms with van der Waals surface area (Å²) >= 11 is 0. The maximum absolute atomic E-state index is 12.0. The van der Waals surface area contributed by atoms with Crippen LogP contribution < -0.4 is 10.6 Å². The summed E-state index contributed by atoms with van der Waals surface area (Å²) in [7, 11) is 0. The highest BCUT2D eigenvalue weighted by molar-refractivity contribution is 5.85. The second kappa shape index (κ2) is 8.95. The van der Waals surface area contributed by atoms with Crippen LogP contribution in [0.2, 0.25) is 0 Å². The summed E-state index contributed by atoms with van der Waals surface area (Å²) in [6.07, 6.45) is 1.75. The lowest BCUT2D eigenvalue weighted by atomic mass is 10.1. The normalized spacial score (nSPS) is 19.8. The fraction of sp³-hybridized carbons (Fsp3) is 0.533. The van der Waals surface area contributed by atoms with Gasteiger partial charge in [0.05, 0.1) is 6.61 Å². The highest BCUT2D eigenvalue weighted by atomic mass is 35.5. The van der Waals surface area contributed by atoms with Crippen LogP contribution in [-0.4, -0.2) is 31.1 Å². The molecule has 0 saturated carbocycles. The fourth-order valence-electron chi connectivity index (χ4n) is 2.16. The Hall–Kier alpha value is -1.10. The number of hydrogen-bond acceptors (Lipinski definition) is 3. The Bertz CT molecular complexity index is 394. The molecular weight excluding hydrogens is 276 g/mol. The van der Waals surface area contributed by atoms with Crippen LogP contribution in [0.15, 0.2) is 30.3 Å². The molecule has 0 aromatic heterocycles. The number of carbonyl (C=O) groups excluding carboxylic acids is 1. The number of halogens is 1. The third-order valence-electron chi connectivity index (χ3n) is 3.36. The molecule has 2 N–H and O–H groups in total. The molecule has 112 valence electrons. The van der Waals surface area contributed by atoms with E-state index in [1.54, 1.807) is 6.92 Å². The number of rotatable bonds is 5. The summed E-state index contributed by atoms with van der Waals surface area (Å²) in [6.45, 7) is 4.18. The van der Waals surface area contributed by atoms with Crippen molar-refractivity contribution in [1.82, 2.24) is 10.6 Å². The van der Waals surface area contributed by atoms with Crippen molar-refractivity contribution in [3.05, 3.63) is 35.9 Å². The summed E-state index contributed by atoms with van der Waals surface area (Å²) in [5.74, 6) is -0.0235. The number of ether oxygens (including phenoxy) is 1. The molecule has 1 saturated heterocycles. The third-order valence-corrected chi connectivity index (χ3v) is 3.36. The summed E-state index contributed by atoms with van der Waals surface area (Å²) in [5.41, 5.74) is 1.08. The molecule has 2 rings (SSSR count). The smallest absolute Gasteiger partial charge is 0.249 e. The van der Waals surface area contributed by atoms with Gasteiger partial charge in [-0.3, -0.25) is 4.79 Å². The fourth-order valence-corrected chi connectivity index (χ4v) is 2.16. The van der Waals surface area contributed by atoms with Gasteiger partial charge in [0.1, 0.15) is 6.10 Å². The van der Waals surface area contributed by atoms with E-state index in [1.807, 2.05) is 30.3 Å². The molecule has 1 aliphatic rings. The molecule has 20 heavy (non-hydrogen) atoms. The van der Waals surface area contributed by atoms with Crippen molar-refractivity contribution in [2.24, 2.45) is 0 Å². The molecule has 1 heterocycles. The number of benzene rings is 1.